The van der Waals surface area contributed by atoms with Crippen molar-refractivity contribution in [2.75, 3.05) is 12.4 Å². The van der Waals surface area contributed by atoms with Crippen LogP contribution in [0.2, 0.25) is 0 Å². The predicted octanol–water partition coefficient (Wildman–Crippen LogP) is 2.53. The summed E-state index contributed by atoms with van der Waals surface area (Å²) in [5.74, 6) is -1.05. The topological polar surface area (TPSA) is 37.8 Å². The second kappa shape index (κ2) is 3.90. The molecule has 0 saturated heterocycles. The van der Waals surface area contributed by atoms with E-state index in [4.69, 9.17) is 0 Å². The van der Waals surface area contributed by atoms with Crippen molar-refractivity contribution in [2.45, 2.75) is 0 Å². The van der Waals surface area contributed by atoms with Crippen molar-refractivity contribution in [3.63, 3.8) is 0 Å². The lowest BCUT2D eigenvalue weighted by Crippen LogP contribution is -1.86. The first kappa shape index (κ1) is 9.97. The number of nitrogens with one attached hydrogen (secondary N) is 1. The molecular formula is C9H7F2N3S. The molecule has 6 heteroatoms. The molecule has 0 aromatic carbocycles. The highest BCUT2D eigenvalue weighted by Crippen LogP contribution is 2.30. The lowest BCUT2D eigenvalue weighted by molar-refractivity contribution is 0.596. The van der Waals surface area contributed by atoms with E-state index >= 15 is 0 Å². The van der Waals surface area contributed by atoms with Gasteiger partial charge in [-0.05, 0) is 6.07 Å². The van der Waals surface area contributed by atoms with Gasteiger partial charge in [0.1, 0.15) is 15.8 Å². The molecule has 3 nitrogen and oxygen atoms in total. The van der Waals surface area contributed by atoms with E-state index in [2.05, 4.69) is 15.3 Å². The standard InChI is InChI=1S/C9H7F2N3S/c1-12-9-7(11)14-8(15-9)5-2-6(10)4-13-3-5/h2-4,12H,1H3. The quantitative estimate of drug-likeness (QED) is 0.856. The van der Waals surface area contributed by atoms with Crippen molar-refractivity contribution in [3.05, 3.63) is 30.2 Å². The van der Waals surface area contributed by atoms with Crippen molar-refractivity contribution < 1.29 is 8.78 Å². The van der Waals surface area contributed by atoms with Gasteiger partial charge in [0.2, 0.25) is 5.95 Å². The Balaban J connectivity index is 2.45. The smallest absolute Gasteiger partial charge is 0.248 e. The lowest BCUT2D eigenvalue weighted by Gasteiger charge is -1.93. The van der Waals surface area contributed by atoms with E-state index in [9.17, 15) is 8.78 Å². The molecule has 0 atom stereocenters. The van der Waals surface area contributed by atoms with Crippen molar-refractivity contribution in [1.29, 1.82) is 0 Å². The first-order valence-corrected chi connectivity index (χ1v) is 4.97. The van der Waals surface area contributed by atoms with Crippen molar-refractivity contribution in [2.24, 2.45) is 0 Å². The third kappa shape index (κ3) is 1.94. The number of rotatable bonds is 2. The van der Waals surface area contributed by atoms with Crippen LogP contribution < -0.4 is 5.32 Å². The highest BCUT2D eigenvalue weighted by atomic mass is 32.1. The van der Waals surface area contributed by atoms with Gasteiger partial charge in [-0.2, -0.15) is 4.39 Å². The highest BCUT2D eigenvalue weighted by Gasteiger charge is 2.11. The number of thiazole rings is 1. The van der Waals surface area contributed by atoms with Crippen LogP contribution in [-0.4, -0.2) is 17.0 Å². The Bertz CT molecular complexity index is 484. The number of halogens is 2. The van der Waals surface area contributed by atoms with E-state index in [0.29, 0.717) is 15.6 Å². The molecule has 2 heterocycles. The summed E-state index contributed by atoms with van der Waals surface area (Å²) in [7, 11) is 1.60. The zero-order valence-corrected chi connectivity index (χ0v) is 8.61. The molecular weight excluding hydrogens is 220 g/mol. The number of anilines is 1. The molecule has 78 valence electrons. The average Bonchev–Trinajstić information content (AvgIpc) is 2.60. The summed E-state index contributed by atoms with van der Waals surface area (Å²) in [6.45, 7) is 0. The molecule has 15 heavy (non-hydrogen) atoms. The molecule has 2 aromatic heterocycles. The molecule has 1 N–H and O–H groups in total. The zero-order valence-electron chi connectivity index (χ0n) is 7.79. The summed E-state index contributed by atoms with van der Waals surface area (Å²) >= 11 is 1.12. The molecule has 0 spiro atoms. The molecule has 2 rings (SSSR count). The van der Waals surface area contributed by atoms with Gasteiger partial charge in [-0.1, -0.05) is 11.3 Å². The summed E-state index contributed by atoms with van der Waals surface area (Å²) in [6.07, 6.45) is 2.53. The summed E-state index contributed by atoms with van der Waals surface area (Å²) in [4.78, 5) is 7.35. The second-order valence-corrected chi connectivity index (χ2v) is 3.78. The Morgan fingerprint density at radius 2 is 2.13 bits per heavy atom. The Labute approximate surface area is 88.8 Å². The van der Waals surface area contributed by atoms with Gasteiger partial charge in [-0.3, -0.25) is 4.98 Å². The van der Waals surface area contributed by atoms with Crippen LogP contribution in [0.15, 0.2) is 18.5 Å². The van der Waals surface area contributed by atoms with E-state index in [1.807, 2.05) is 0 Å². The number of pyridine rings is 1. The summed E-state index contributed by atoms with van der Waals surface area (Å²) in [5, 5.41) is 3.40. The third-order valence-electron chi connectivity index (χ3n) is 1.76. The molecule has 0 aliphatic heterocycles. The minimum Gasteiger partial charge on any atom is -0.376 e. The fourth-order valence-electron chi connectivity index (χ4n) is 1.11. The summed E-state index contributed by atoms with van der Waals surface area (Å²) in [5.41, 5.74) is 0.473. The molecule has 0 aliphatic carbocycles. The van der Waals surface area contributed by atoms with E-state index in [1.54, 1.807) is 7.05 Å². The Morgan fingerprint density at radius 3 is 2.73 bits per heavy atom. The van der Waals surface area contributed by atoms with Crippen LogP contribution in [-0.2, 0) is 0 Å². The number of nitrogens with zero attached hydrogens (tertiary/aromatic N) is 2. The van der Waals surface area contributed by atoms with Crippen molar-refractivity contribution >= 4 is 16.3 Å². The number of hydrogen-bond acceptors (Lipinski definition) is 4. The highest BCUT2D eigenvalue weighted by molar-refractivity contribution is 7.18. The minimum absolute atomic E-state index is 0.328. The molecule has 0 saturated carbocycles. The van der Waals surface area contributed by atoms with E-state index in [1.165, 1.54) is 12.3 Å². The van der Waals surface area contributed by atoms with Crippen LogP contribution in [0.25, 0.3) is 10.6 Å². The molecule has 0 aliphatic rings. The Kier molecular flexibility index (Phi) is 2.59. The van der Waals surface area contributed by atoms with Crippen LogP contribution in [0.1, 0.15) is 0 Å². The fourth-order valence-corrected chi connectivity index (χ4v) is 1.89. The van der Waals surface area contributed by atoms with Gasteiger partial charge in [0.05, 0.1) is 6.20 Å². The minimum atomic E-state index is -0.582. The lowest BCUT2D eigenvalue weighted by atomic mass is 10.3. The molecule has 0 bridgehead atoms. The van der Waals surface area contributed by atoms with E-state index in [0.717, 1.165) is 17.5 Å². The van der Waals surface area contributed by atoms with Gasteiger partial charge < -0.3 is 5.32 Å². The third-order valence-corrected chi connectivity index (χ3v) is 2.86. The predicted molar refractivity (Wildman–Crippen MR) is 54.8 cm³/mol. The fraction of sp³-hybridized carbons (Fsp3) is 0.111. The normalized spacial score (nSPS) is 10.3. The van der Waals surface area contributed by atoms with Crippen LogP contribution in [0.4, 0.5) is 13.8 Å². The largest absolute Gasteiger partial charge is 0.376 e. The number of aromatic nitrogens is 2. The summed E-state index contributed by atoms with van der Waals surface area (Å²) in [6, 6.07) is 1.27. The van der Waals surface area contributed by atoms with Gasteiger partial charge in [-0.15, -0.1) is 0 Å². The van der Waals surface area contributed by atoms with Crippen molar-refractivity contribution in [1.82, 2.24) is 9.97 Å². The van der Waals surface area contributed by atoms with Gasteiger partial charge in [0, 0.05) is 18.8 Å². The van der Waals surface area contributed by atoms with E-state index in [-0.39, 0.29) is 0 Å². The average molecular weight is 227 g/mol. The molecule has 2 aromatic rings. The molecule has 0 radical (unpaired) electrons. The van der Waals surface area contributed by atoms with Crippen LogP contribution in [0, 0.1) is 11.8 Å². The second-order valence-electron chi connectivity index (χ2n) is 2.78. The first-order valence-electron chi connectivity index (χ1n) is 4.15. The first-order chi connectivity index (χ1) is 7.20. The van der Waals surface area contributed by atoms with Crippen molar-refractivity contribution in [3.8, 4) is 10.6 Å². The summed E-state index contributed by atoms with van der Waals surface area (Å²) < 4.78 is 26.0. The van der Waals surface area contributed by atoms with E-state index < -0.39 is 11.8 Å². The zero-order chi connectivity index (χ0) is 10.8. The van der Waals surface area contributed by atoms with Gasteiger partial charge in [0.15, 0.2) is 0 Å². The maximum atomic E-state index is 13.1. The molecule has 0 fully saturated rings. The van der Waals surface area contributed by atoms with Gasteiger partial charge in [0.25, 0.3) is 0 Å². The SMILES string of the molecule is CNc1sc(-c2cncc(F)c2)nc1F. The van der Waals surface area contributed by atoms with Crippen LogP contribution >= 0.6 is 11.3 Å². The molecule has 0 amide bonds. The number of hydrogen-bond donors (Lipinski definition) is 1. The van der Waals surface area contributed by atoms with Crippen LogP contribution in [0.5, 0.6) is 0 Å². The van der Waals surface area contributed by atoms with Gasteiger partial charge in [-0.25, -0.2) is 9.37 Å². The van der Waals surface area contributed by atoms with Gasteiger partial charge >= 0.3 is 0 Å². The Morgan fingerprint density at radius 1 is 1.33 bits per heavy atom. The maximum Gasteiger partial charge on any atom is 0.248 e. The maximum absolute atomic E-state index is 13.1. The van der Waals surface area contributed by atoms with Crippen LogP contribution in [0.3, 0.4) is 0 Å². The Hall–Kier alpha value is -1.56. The molecule has 0 unspecified atom stereocenters. The monoisotopic (exact) mass is 227 g/mol.